The van der Waals surface area contributed by atoms with Gasteiger partial charge in [-0.2, -0.15) is 22.4 Å². The Hall–Kier alpha value is -3.47. The third-order valence-electron chi connectivity index (χ3n) is 4.03. The summed E-state index contributed by atoms with van der Waals surface area (Å²) in [6, 6.07) is 9.48. The van der Waals surface area contributed by atoms with Crippen molar-refractivity contribution >= 4 is 29.2 Å². The van der Waals surface area contributed by atoms with Gasteiger partial charge in [0, 0.05) is 11.9 Å². The Morgan fingerprint density at radius 1 is 1.17 bits per heavy atom. The number of hydrogen-bond acceptors (Lipinski definition) is 5. The van der Waals surface area contributed by atoms with Gasteiger partial charge < -0.3 is 0 Å². The molecule has 0 fully saturated rings. The van der Waals surface area contributed by atoms with Crippen LogP contribution in [-0.4, -0.2) is 35.8 Å². The van der Waals surface area contributed by atoms with Crippen LogP contribution >= 0.6 is 11.6 Å². The molecule has 0 radical (unpaired) electrons. The maximum absolute atomic E-state index is 13.1. The fourth-order valence-corrected chi connectivity index (χ4v) is 2.82. The van der Waals surface area contributed by atoms with E-state index in [4.69, 9.17) is 11.6 Å². The molecule has 0 unspecified atom stereocenters. The third kappa shape index (κ3) is 3.40. The predicted octanol–water partition coefficient (Wildman–Crippen LogP) is 3.33. The van der Waals surface area contributed by atoms with Crippen molar-refractivity contribution in [3.63, 3.8) is 0 Å². The molecule has 0 amide bonds. The molecule has 12 heteroatoms. The number of nitrogens with one attached hydrogen (secondary N) is 1. The average molecular weight is 422 g/mol. The van der Waals surface area contributed by atoms with E-state index in [0.29, 0.717) is 20.9 Å². The second-order valence-corrected chi connectivity index (χ2v) is 6.39. The molecule has 0 saturated carbocycles. The van der Waals surface area contributed by atoms with E-state index in [-0.39, 0.29) is 17.0 Å². The smallest absolute Gasteiger partial charge is 0.293 e. The molecular formula is C17H11ClF3N7O. The van der Waals surface area contributed by atoms with Gasteiger partial charge in [0.1, 0.15) is 0 Å². The first kappa shape index (κ1) is 18.9. The Morgan fingerprint density at radius 2 is 1.93 bits per heavy atom. The SMILES string of the molecule is Cc1[nH]n(-c2ccc3nnc(C(F)(F)F)n3n2)c(=O)c1C=Nc1ccccc1Cl. The van der Waals surface area contributed by atoms with Gasteiger partial charge in [-0.15, -0.1) is 15.3 Å². The minimum atomic E-state index is -4.74. The van der Waals surface area contributed by atoms with Gasteiger partial charge in [-0.1, -0.05) is 23.7 Å². The fourth-order valence-electron chi connectivity index (χ4n) is 2.64. The van der Waals surface area contributed by atoms with Crippen LogP contribution in [0.3, 0.4) is 0 Å². The number of nitrogens with zero attached hydrogens (tertiary/aromatic N) is 6. The van der Waals surface area contributed by atoms with Crippen LogP contribution in [0, 0.1) is 6.92 Å². The molecule has 29 heavy (non-hydrogen) atoms. The molecule has 1 aromatic carbocycles. The second-order valence-electron chi connectivity index (χ2n) is 5.98. The molecule has 4 rings (SSSR count). The molecule has 0 aliphatic carbocycles. The molecule has 0 saturated heterocycles. The number of hydrogen-bond donors (Lipinski definition) is 1. The second kappa shape index (κ2) is 6.85. The number of aryl methyl sites for hydroxylation is 1. The molecule has 8 nitrogen and oxygen atoms in total. The lowest BCUT2D eigenvalue weighted by atomic mass is 10.3. The van der Waals surface area contributed by atoms with Crippen LogP contribution in [0.2, 0.25) is 5.02 Å². The van der Waals surface area contributed by atoms with Gasteiger partial charge >= 0.3 is 6.18 Å². The average Bonchev–Trinajstić information content (AvgIpc) is 3.22. The lowest BCUT2D eigenvalue weighted by molar-refractivity contribution is -0.146. The van der Waals surface area contributed by atoms with Crippen LogP contribution in [0.25, 0.3) is 11.5 Å². The summed E-state index contributed by atoms with van der Waals surface area (Å²) in [5.41, 5.74) is 0.503. The van der Waals surface area contributed by atoms with E-state index < -0.39 is 17.6 Å². The van der Waals surface area contributed by atoms with E-state index in [2.05, 4.69) is 25.4 Å². The van der Waals surface area contributed by atoms with Gasteiger partial charge in [0.15, 0.2) is 11.5 Å². The van der Waals surface area contributed by atoms with Gasteiger partial charge in [-0.05, 0) is 31.2 Å². The van der Waals surface area contributed by atoms with Crippen LogP contribution < -0.4 is 5.56 Å². The molecule has 0 aliphatic rings. The number of aromatic amines is 1. The van der Waals surface area contributed by atoms with E-state index in [1.165, 1.54) is 18.3 Å². The van der Waals surface area contributed by atoms with Crippen molar-refractivity contribution in [2.75, 3.05) is 0 Å². The molecule has 1 N–H and O–H groups in total. The minimum Gasteiger partial charge on any atom is -0.293 e. The van der Waals surface area contributed by atoms with Gasteiger partial charge in [-0.25, -0.2) is 0 Å². The summed E-state index contributed by atoms with van der Waals surface area (Å²) in [5, 5.41) is 13.6. The van der Waals surface area contributed by atoms with Crippen LogP contribution in [0.15, 0.2) is 46.2 Å². The molecule has 0 atom stereocenters. The van der Waals surface area contributed by atoms with Crippen molar-refractivity contribution in [2.24, 2.45) is 4.99 Å². The highest BCUT2D eigenvalue weighted by Gasteiger charge is 2.37. The summed E-state index contributed by atoms with van der Waals surface area (Å²) in [6.07, 6.45) is -3.40. The Kier molecular flexibility index (Phi) is 4.46. The zero-order valence-corrected chi connectivity index (χ0v) is 15.4. The number of aromatic nitrogens is 6. The van der Waals surface area contributed by atoms with Crippen LogP contribution in [0.1, 0.15) is 17.1 Å². The number of alkyl halides is 3. The first-order chi connectivity index (χ1) is 13.8. The van der Waals surface area contributed by atoms with Crippen molar-refractivity contribution in [2.45, 2.75) is 13.1 Å². The quantitative estimate of drug-likeness (QED) is 0.513. The van der Waals surface area contributed by atoms with Crippen molar-refractivity contribution < 1.29 is 13.2 Å². The van der Waals surface area contributed by atoms with Gasteiger partial charge in [-0.3, -0.25) is 14.9 Å². The van der Waals surface area contributed by atoms with Crippen LogP contribution in [-0.2, 0) is 6.18 Å². The molecule has 3 heterocycles. The zero-order valence-electron chi connectivity index (χ0n) is 14.6. The van der Waals surface area contributed by atoms with Crippen LogP contribution in [0.4, 0.5) is 18.9 Å². The molecule has 0 spiro atoms. The summed E-state index contributed by atoms with van der Waals surface area (Å²) in [5.74, 6) is -1.35. The molecule has 148 valence electrons. The number of halogens is 4. The standard InChI is InChI=1S/C17H11ClF3N7O/c1-9-10(8-22-12-5-3-2-4-11(12)18)15(29)27(25-9)14-7-6-13-23-24-16(17(19,20)21)28(13)26-14/h2-8,25H,1H3. The molecule has 3 aromatic heterocycles. The highest BCUT2D eigenvalue weighted by molar-refractivity contribution is 6.33. The molecular weight excluding hydrogens is 411 g/mol. The normalized spacial score (nSPS) is 12.3. The Bertz CT molecular complexity index is 1300. The number of benzene rings is 1. The number of rotatable bonds is 3. The lowest BCUT2D eigenvalue weighted by Gasteiger charge is -2.05. The first-order valence-corrected chi connectivity index (χ1v) is 8.54. The Balaban J connectivity index is 1.78. The zero-order chi connectivity index (χ0) is 20.8. The highest BCUT2D eigenvalue weighted by atomic mass is 35.5. The maximum Gasteiger partial charge on any atom is 0.453 e. The van der Waals surface area contributed by atoms with E-state index in [1.54, 1.807) is 31.2 Å². The largest absolute Gasteiger partial charge is 0.453 e. The summed E-state index contributed by atoms with van der Waals surface area (Å²) in [7, 11) is 0. The van der Waals surface area contributed by atoms with Gasteiger partial charge in [0.25, 0.3) is 11.4 Å². The molecule has 0 bridgehead atoms. The summed E-state index contributed by atoms with van der Waals surface area (Å²) < 4.78 is 40.7. The van der Waals surface area contributed by atoms with Crippen LogP contribution in [0.5, 0.6) is 0 Å². The summed E-state index contributed by atoms with van der Waals surface area (Å²) >= 11 is 6.05. The van der Waals surface area contributed by atoms with Crippen molar-refractivity contribution in [1.29, 1.82) is 0 Å². The maximum atomic E-state index is 13.1. The van der Waals surface area contributed by atoms with E-state index >= 15 is 0 Å². The number of para-hydroxylation sites is 1. The first-order valence-electron chi connectivity index (χ1n) is 8.16. The number of aliphatic imine (C=N–C) groups is 1. The summed E-state index contributed by atoms with van der Waals surface area (Å²) in [6.45, 7) is 1.63. The third-order valence-corrected chi connectivity index (χ3v) is 4.35. The minimum absolute atomic E-state index is 0.0618. The Morgan fingerprint density at radius 3 is 2.66 bits per heavy atom. The highest BCUT2D eigenvalue weighted by Crippen LogP contribution is 2.27. The van der Waals surface area contributed by atoms with E-state index in [1.807, 2.05) is 0 Å². The Labute approximate surface area is 165 Å². The topological polar surface area (TPSA) is 93.2 Å². The summed E-state index contributed by atoms with van der Waals surface area (Å²) in [4.78, 5) is 17.0. The van der Waals surface area contributed by atoms with Crippen molar-refractivity contribution in [3.05, 3.63) is 68.9 Å². The van der Waals surface area contributed by atoms with E-state index in [0.717, 1.165) is 4.68 Å². The fraction of sp³-hybridized carbons (Fsp3) is 0.118. The van der Waals surface area contributed by atoms with Crippen molar-refractivity contribution in [3.8, 4) is 5.82 Å². The molecule has 0 aliphatic heterocycles. The monoisotopic (exact) mass is 421 g/mol. The predicted molar refractivity (Wildman–Crippen MR) is 99.2 cm³/mol. The molecule has 4 aromatic rings. The van der Waals surface area contributed by atoms with E-state index in [9.17, 15) is 18.0 Å². The lowest BCUT2D eigenvalue weighted by Crippen LogP contribution is -2.20. The number of H-pyrrole nitrogens is 1. The van der Waals surface area contributed by atoms with Crippen molar-refractivity contribution in [1.82, 2.24) is 29.6 Å². The van der Waals surface area contributed by atoms with Gasteiger partial charge in [0.2, 0.25) is 0 Å². The number of fused-ring (bicyclic) bond motifs is 1. The van der Waals surface area contributed by atoms with Gasteiger partial charge in [0.05, 0.1) is 16.3 Å².